The molecule has 3 atom stereocenters. The maximum atomic E-state index is 13.5. The number of nitrogens with one attached hydrogen (secondary N) is 3. The minimum Gasteiger partial charge on any atom is -0.463 e. The van der Waals surface area contributed by atoms with E-state index >= 15 is 0 Å². The number of cyclic esters (lactones) is 1. The van der Waals surface area contributed by atoms with Crippen LogP contribution < -0.4 is 10.6 Å². The standard InChI is InChI=1S/C32H39N3O5/c36-21-26(17-23-11-5-4-6-12-23)34-30(37)19-24-13-7-2-1-3-8-16-31(38)40-22-27(35-32(24)39)18-25-20-33-29-15-10-9-14-28(25)29/h2,4-7,9-12,14-15,20,24,26-27,33,36H,1,3,8,13,16-19,21-22H2,(H,34,37)(H,35,39)/t24-,26+,27+/m1/s1. The van der Waals surface area contributed by atoms with Gasteiger partial charge in [-0.3, -0.25) is 14.4 Å². The molecule has 8 heteroatoms. The van der Waals surface area contributed by atoms with Crippen molar-refractivity contribution in [1.29, 1.82) is 0 Å². The summed E-state index contributed by atoms with van der Waals surface area (Å²) in [5.74, 6) is -1.43. The molecule has 0 unspecified atom stereocenters. The molecular formula is C32H39N3O5. The molecule has 0 saturated heterocycles. The van der Waals surface area contributed by atoms with Crippen LogP contribution in [0.3, 0.4) is 0 Å². The van der Waals surface area contributed by atoms with Gasteiger partial charge >= 0.3 is 5.97 Å². The number of allylic oxidation sites excluding steroid dienone is 2. The summed E-state index contributed by atoms with van der Waals surface area (Å²) < 4.78 is 5.56. The van der Waals surface area contributed by atoms with Crippen LogP contribution >= 0.6 is 0 Å². The van der Waals surface area contributed by atoms with Gasteiger partial charge in [-0.25, -0.2) is 0 Å². The Morgan fingerprint density at radius 1 is 1.05 bits per heavy atom. The summed E-state index contributed by atoms with van der Waals surface area (Å²) >= 11 is 0. The zero-order chi connectivity index (χ0) is 28.2. The van der Waals surface area contributed by atoms with Gasteiger partial charge in [0.25, 0.3) is 0 Å². The third-order valence-corrected chi connectivity index (χ3v) is 7.24. The van der Waals surface area contributed by atoms with Gasteiger partial charge in [0.2, 0.25) is 11.8 Å². The van der Waals surface area contributed by atoms with Gasteiger partial charge in [-0.15, -0.1) is 0 Å². The predicted molar refractivity (Wildman–Crippen MR) is 154 cm³/mol. The van der Waals surface area contributed by atoms with Gasteiger partial charge < -0.3 is 25.5 Å². The minimum absolute atomic E-state index is 0.0128. The molecule has 1 aliphatic rings. The lowest BCUT2D eigenvalue weighted by molar-refractivity contribution is -0.145. The summed E-state index contributed by atoms with van der Waals surface area (Å²) in [6.07, 6.45) is 9.97. The van der Waals surface area contributed by atoms with E-state index in [9.17, 15) is 19.5 Å². The number of aliphatic hydroxyl groups is 1. The Hall–Kier alpha value is -3.91. The molecule has 1 aliphatic heterocycles. The van der Waals surface area contributed by atoms with Gasteiger partial charge in [0.1, 0.15) is 6.61 Å². The monoisotopic (exact) mass is 545 g/mol. The molecule has 2 amide bonds. The second-order valence-corrected chi connectivity index (χ2v) is 10.4. The SMILES string of the molecule is O=C(C[C@H]1CC=CCCCCC(=O)OC[C@H](Cc2c[nH]c3ccccc23)NC1=O)N[C@H](CO)Cc1ccccc1. The molecule has 40 heavy (non-hydrogen) atoms. The topological polar surface area (TPSA) is 121 Å². The number of aliphatic hydroxyl groups excluding tert-OH is 1. The molecule has 1 aromatic heterocycles. The largest absolute Gasteiger partial charge is 0.463 e. The number of aromatic nitrogens is 1. The molecular weight excluding hydrogens is 506 g/mol. The summed E-state index contributed by atoms with van der Waals surface area (Å²) in [6, 6.07) is 16.7. The predicted octanol–water partition coefficient (Wildman–Crippen LogP) is 3.98. The molecule has 0 radical (unpaired) electrons. The summed E-state index contributed by atoms with van der Waals surface area (Å²) in [5.41, 5.74) is 3.02. The van der Waals surface area contributed by atoms with E-state index in [-0.39, 0.29) is 37.4 Å². The van der Waals surface area contributed by atoms with Gasteiger partial charge in [0.05, 0.1) is 24.6 Å². The molecule has 212 valence electrons. The summed E-state index contributed by atoms with van der Waals surface area (Å²) in [5, 5.41) is 16.9. The Morgan fingerprint density at radius 2 is 1.85 bits per heavy atom. The summed E-state index contributed by atoms with van der Waals surface area (Å²) in [4.78, 5) is 42.1. The number of esters is 1. The molecule has 0 saturated carbocycles. The molecule has 2 aromatic carbocycles. The quantitative estimate of drug-likeness (QED) is 0.252. The number of hydrogen-bond acceptors (Lipinski definition) is 5. The van der Waals surface area contributed by atoms with Crippen molar-refractivity contribution in [3.63, 3.8) is 0 Å². The van der Waals surface area contributed by atoms with E-state index in [1.165, 1.54) is 0 Å². The van der Waals surface area contributed by atoms with Crippen LogP contribution in [0.5, 0.6) is 0 Å². The number of aromatic amines is 1. The van der Waals surface area contributed by atoms with Gasteiger partial charge in [-0.05, 0) is 55.7 Å². The highest BCUT2D eigenvalue weighted by Gasteiger charge is 2.26. The molecule has 3 aromatic rings. The molecule has 4 N–H and O–H groups in total. The van der Waals surface area contributed by atoms with Crippen molar-refractivity contribution in [2.45, 2.75) is 63.5 Å². The van der Waals surface area contributed by atoms with E-state index in [0.29, 0.717) is 25.7 Å². The van der Waals surface area contributed by atoms with Crippen LogP contribution in [0, 0.1) is 5.92 Å². The Balaban J connectivity index is 1.46. The summed E-state index contributed by atoms with van der Waals surface area (Å²) in [7, 11) is 0. The van der Waals surface area contributed by atoms with Crippen LogP contribution in [0.1, 0.15) is 49.7 Å². The number of amides is 2. The third-order valence-electron chi connectivity index (χ3n) is 7.24. The van der Waals surface area contributed by atoms with E-state index < -0.39 is 18.0 Å². The van der Waals surface area contributed by atoms with Crippen LogP contribution in [0.25, 0.3) is 10.9 Å². The van der Waals surface area contributed by atoms with Gasteiger partial charge in [0, 0.05) is 29.9 Å². The molecule has 0 aliphatic carbocycles. The molecule has 4 rings (SSSR count). The fourth-order valence-electron chi connectivity index (χ4n) is 5.07. The number of fused-ring (bicyclic) bond motifs is 1. The first-order chi connectivity index (χ1) is 19.5. The van der Waals surface area contributed by atoms with Crippen LogP contribution in [-0.2, 0) is 32.0 Å². The Labute approximate surface area is 235 Å². The van der Waals surface area contributed by atoms with E-state index in [0.717, 1.165) is 41.3 Å². The lowest BCUT2D eigenvalue weighted by Crippen LogP contribution is -2.45. The van der Waals surface area contributed by atoms with Gasteiger partial charge in [-0.2, -0.15) is 0 Å². The molecule has 0 bridgehead atoms. The number of hydrogen-bond donors (Lipinski definition) is 4. The minimum atomic E-state index is -0.601. The molecule has 0 spiro atoms. The van der Waals surface area contributed by atoms with Crippen molar-refractivity contribution in [2.24, 2.45) is 5.92 Å². The lowest BCUT2D eigenvalue weighted by Gasteiger charge is -2.23. The smallest absolute Gasteiger partial charge is 0.305 e. The van der Waals surface area contributed by atoms with Gasteiger partial charge in [0.15, 0.2) is 0 Å². The van der Waals surface area contributed by atoms with Crippen molar-refractivity contribution in [3.05, 3.63) is 84.1 Å². The summed E-state index contributed by atoms with van der Waals surface area (Å²) in [6.45, 7) is -0.141. The number of carbonyl (C=O) groups is 3. The van der Waals surface area contributed by atoms with E-state index in [2.05, 4.69) is 15.6 Å². The lowest BCUT2D eigenvalue weighted by atomic mass is 9.97. The molecule has 2 heterocycles. The van der Waals surface area contributed by atoms with Crippen LogP contribution in [0.2, 0.25) is 0 Å². The number of para-hydroxylation sites is 1. The van der Waals surface area contributed by atoms with Crippen molar-refractivity contribution in [2.75, 3.05) is 13.2 Å². The third kappa shape index (κ3) is 8.81. The average molecular weight is 546 g/mol. The zero-order valence-corrected chi connectivity index (χ0v) is 22.8. The number of carbonyl (C=O) groups excluding carboxylic acids is 3. The fraction of sp³-hybridized carbons (Fsp3) is 0.406. The highest BCUT2D eigenvalue weighted by molar-refractivity contribution is 5.86. The number of ether oxygens (including phenoxy) is 1. The highest BCUT2D eigenvalue weighted by Crippen LogP contribution is 2.20. The first-order valence-electron chi connectivity index (χ1n) is 14.1. The second kappa shape index (κ2) is 15.0. The van der Waals surface area contributed by atoms with E-state index in [1.807, 2.05) is 72.9 Å². The Kier molecular flexibility index (Phi) is 10.9. The second-order valence-electron chi connectivity index (χ2n) is 10.4. The maximum Gasteiger partial charge on any atom is 0.305 e. The number of H-pyrrole nitrogens is 1. The Bertz CT molecular complexity index is 1290. The first kappa shape index (κ1) is 29.1. The van der Waals surface area contributed by atoms with E-state index in [1.54, 1.807) is 0 Å². The molecule has 8 nitrogen and oxygen atoms in total. The average Bonchev–Trinajstić information content (AvgIpc) is 3.37. The number of rotatable bonds is 8. The first-order valence-corrected chi connectivity index (χ1v) is 14.1. The van der Waals surface area contributed by atoms with Crippen LogP contribution in [0.15, 0.2) is 72.9 Å². The van der Waals surface area contributed by atoms with Crippen LogP contribution in [0.4, 0.5) is 0 Å². The molecule has 0 fully saturated rings. The fourth-order valence-corrected chi connectivity index (χ4v) is 5.07. The van der Waals surface area contributed by atoms with Crippen molar-refractivity contribution >= 4 is 28.7 Å². The van der Waals surface area contributed by atoms with Crippen molar-refractivity contribution < 1.29 is 24.2 Å². The van der Waals surface area contributed by atoms with E-state index in [4.69, 9.17) is 4.74 Å². The maximum absolute atomic E-state index is 13.5. The normalized spacial score (nSPS) is 19.8. The Morgan fingerprint density at radius 3 is 2.67 bits per heavy atom. The number of benzene rings is 2. The highest BCUT2D eigenvalue weighted by atomic mass is 16.5. The zero-order valence-electron chi connectivity index (χ0n) is 22.8. The van der Waals surface area contributed by atoms with Crippen molar-refractivity contribution in [3.8, 4) is 0 Å². The van der Waals surface area contributed by atoms with Crippen LogP contribution in [-0.4, -0.2) is 53.2 Å². The van der Waals surface area contributed by atoms with Crippen molar-refractivity contribution in [1.82, 2.24) is 15.6 Å². The van der Waals surface area contributed by atoms with Gasteiger partial charge in [-0.1, -0.05) is 60.7 Å².